The first-order valence-corrected chi connectivity index (χ1v) is 8.72. The Morgan fingerprint density at radius 3 is 2.88 bits per heavy atom. The predicted octanol–water partition coefficient (Wildman–Crippen LogP) is 3.05. The molecule has 1 aromatic heterocycles. The molecule has 3 rings (SSSR count). The lowest BCUT2D eigenvalue weighted by Gasteiger charge is -2.24. The minimum Gasteiger partial charge on any atom is -0.338 e. The number of para-hydroxylation sites is 1. The molecule has 128 valence electrons. The number of hydrogen-bond acceptors (Lipinski definition) is 3. The fourth-order valence-corrected chi connectivity index (χ4v) is 3.18. The quantitative estimate of drug-likeness (QED) is 0.939. The van der Waals surface area contributed by atoms with Gasteiger partial charge in [-0.3, -0.25) is 4.90 Å². The van der Waals surface area contributed by atoms with Crippen LogP contribution in [-0.4, -0.2) is 27.3 Å². The third-order valence-electron chi connectivity index (χ3n) is 4.47. The van der Waals surface area contributed by atoms with E-state index in [4.69, 9.17) is 0 Å². The average Bonchev–Trinajstić information content (AvgIpc) is 2.80. The molecule has 2 heterocycles. The van der Waals surface area contributed by atoms with Crippen molar-refractivity contribution in [3.8, 4) is 0 Å². The summed E-state index contributed by atoms with van der Waals surface area (Å²) in [5, 5.41) is 11.6. The summed E-state index contributed by atoms with van der Waals surface area (Å²) in [4.78, 5) is 14.4. The van der Waals surface area contributed by atoms with Crippen molar-refractivity contribution in [2.24, 2.45) is 0 Å². The lowest BCUT2D eigenvalue weighted by molar-refractivity contribution is 0.246. The highest BCUT2D eigenvalue weighted by molar-refractivity contribution is 5.92. The number of urea groups is 1. The van der Waals surface area contributed by atoms with Crippen LogP contribution in [0, 0.1) is 6.92 Å². The Kier molecular flexibility index (Phi) is 5.13. The van der Waals surface area contributed by atoms with Crippen LogP contribution in [0.5, 0.6) is 0 Å². The molecule has 2 amide bonds. The number of anilines is 1. The Hall–Kier alpha value is -2.37. The Bertz CT molecular complexity index is 709. The number of carbonyl (C=O) groups excluding carboxylic acids is 1. The Labute approximate surface area is 142 Å². The highest BCUT2D eigenvalue weighted by Gasteiger charge is 2.22. The maximum atomic E-state index is 12.6. The van der Waals surface area contributed by atoms with Crippen molar-refractivity contribution < 1.29 is 4.79 Å². The van der Waals surface area contributed by atoms with Crippen LogP contribution < -0.4 is 10.2 Å². The first kappa shape index (κ1) is 16.5. The van der Waals surface area contributed by atoms with E-state index in [1.54, 1.807) is 4.90 Å². The highest BCUT2D eigenvalue weighted by Crippen LogP contribution is 2.23. The van der Waals surface area contributed by atoms with Crippen molar-refractivity contribution in [2.45, 2.75) is 52.6 Å². The van der Waals surface area contributed by atoms with Crippen LogP contribution >= 0.6 is 0 Å². The molecule has 1 aliphatic rings. The summed E-state index contributed by atoms with van der Waals surface area (Å²) < 4.78 is 2.19. The highest BCUT2D eigenvalue weighted by atomic mass is 16.2. The second kappa shape index (κ2) is 7.47. The van der Waals surface area contributed by atoms with Crippen LogP contribution in [0.3, 0.4) is 0 Å². The van der Waals surface area contributed by atoms with Gasteiger partial charge >= 0.3 is 6.03 Å². The smallest absolute Gasteiger partial charge is 0.322 e. The number of benzene rings is 1. The molecule has 24 heavy (non-hydrogen) atoms. The third kappa shape index (κ3) is 3.42. The number of fused-ring (bicyclic) bond motifs is 1. The van der Waals surface area contributed by atoms with Crippen LogP contribution in [0.4, 0.5) is 10.5 Å². The monoisotopic (exact) mass is 327 g/mol. The van der Waals surface area contributed by atoms with E-state index in [-0.39, 0.29) is 6.03 Å². The second-order valence-corrected chi connectivity index (χ2v) is 6.20. The van der Waals surface area contributed by atoms with E-state index in [1.807, 2.05) is 38.1 Å². The van der Waals surface area contributed by atoms with Gasteiger partial charge in [0.1, 0.15) is 5.82 Å². The van der Waals surface area contributed by atoms with Gasteiger partial charge in [-0.05, 0) is 38.3 Å². The number of aryl methyl sites for hydroxylation is 2. The van der Waals surface area contributed by atoms with E-state index in [9.17, 15) is 4.79 Å². The first-order valence-electron chi connectivity index (χ1n) is 8.72. The van der Waals surface area contributed by atoms with Crippen LogP contribution in [-0.2, 0) is 19.5 Å². The van der Waals surface area contributed by atoms with Crippen LogP contribution in [0.1, 0.15) is 43.4 Å². The zero-order valence-corrected chi connectivity index (χ0v) is 14.5. The van der Waals surface area contributed by atoms with E-state index in [1.165, 1.54) is 6.42 Å². The summed E-state index contributed by atoms with van der Waals surface area (Å²) >= 11 is 0. The van der Waals surface area contributed by atoms with E-state index in [0.717, 1.165) is 48.7 Å². The molecule has 0 fully saturated rings. The van der Waals surface area contributed by atoms with Gasteiger partial charge in [0.25, 0.3) is 0 Å². The lowest BCUT2D eigenvalue weighted by atomic mass is 10.2. The molecule has 6 heteroatoms. The average molecular weight is 327 g/mol. The molecule has 0 saturated heterocycles. The molecule has 1 N–H and O–H groups in total. The molecular formula is C18H25N5O. The lowest BCUT2D eigenvalue weighted by Crippen LogP contribution is -2.40. The Balaban J connectivity index is 1.91. The van der Waals surface area contributed by atoms with Gasteiger partial charge in [-0.25, -0.2) is 4.79 Å². The molecule has 0 bridgehead atoms. The molecule has 6 nitrogen and oxygen atoms in total. The van der Waals surface area contributed by atoms with E-state index < -0.39 is 0 Å². The number of nitrogens with one attached hydrogen (secondary N) is 1. The molecule has 0 radical (unpaired) electrons. The van der Waals surface area contributed by atoms with E-state index in [0.29, 0.717) is 13.1 Å². The molecule has 1 aliphatic heterocycles. The van der Waals surface area contributed by atoms with Gasteiger partial charge in [-0.15, -0.1) is 10.2 Å². The number of rotatable bonds is 4. The van der Waals surface area contributed by atoms with Crippen molar-refractivity contribution in [1.82, 2.24) is 20.1 Å². The van der Waals surface area contributed by atoms with Crippen molar-refractivity contribution in [3.63, 3.8) is 0 Å². The molecule has 0 spiro atoms. The molecule has 2 aromatic rings. The summed E-state index contributed by atoms with van der Waals surface area (Å²) in [7, 11) is 0. The van der Waals surface area contributed by atoms with Crippen molar-refractivity contribution >= 4 is 11.7 Å². The third-order valence-corrected chi connectivity index (χ3v) is 4.47. The molecule has 0 aliphatic carbocycles. The maximum absolute atomic E-state index is 12.6. The fraction of sp³-hybridized carbons (Fsp3) is 0.500. The van der Waals surface area contributed by atoms with Gasteiger partial charge in [0.2, 0.25) is 0 Å². The molecule has 1 aromatic carbocycles. The normalized spacial score (nSPS) is 13.9. The van der Waals surface area contributed by atoms with Crippen molar-refractivity contribution in [3.05, 3.63) is 41.5 Å². The number of amides is 2. The topological polar surface area (TPSA) is 63.1 Å². The van der Waals surface area contributed by atoms with E-state index in [2.05, 4.69) is 20.1 Å². The summed E-state index contributed by atoms with van der Waals surface area (Å²) in [6.45, 7) is 5.92. The minimum atomic E-state index is -0.0993. The first-order chi connectivity index (χ1) is 11.7. The van der Waals surface area contributed by atoms with Crippen molar-refractivity contribution in [1.29, 1.82) is 0 Å². The minimum absolute atomic E-state index is 0.0993. The number of aromatic nitrogens is 3. The van der Waals surface area contributed by atoms with Crippen LogP contribution in [0.2, 0.25) is 0 Å². The zero-order valence-electron chi connectivity index (χ0n) is 14.5. The predicted molar refractivity (Wildman–Crippen MR) is 94.0 cm³/mol. The van der Waals surface area contributed by atoms with Gasteiger partial charge in [0.15, 0.2) is 5.82 Å². The molecular weight excluding hydrogens is 302 g/mol. The number of hydrogen-bond donors (Lipinski definition) is 1. The summed E-state index contributed by atoms with van der Waals surface area (Å²) in [5.74, 6) is 1.91. The van der Waals surface area contributed by atoms with Gasteiger partial charge < -0.3 is 9.88 Å². The molecule has 0 unspecified atom stereocenters. The van der Waals surface area contributed by atoms with Crippen LogP contribution in [0.25, 0.3) is 0 Å². The standard InChI is InChI=1S/C18H25N5O/c1-3-19-18(24)23(15-10-7-6-9-14(15)2)13-17-21-20-16-11-5-4-8-12-22(16)17/h6-7,9-10H,3-5,8,11-13H2,1-2H3,(H,19,24). The van der Waals surface area contributed by atoms with Crippen molar-refractivity contribution in [2.75, 3.05) is 11.4 Å². The van der Waals surface area contributed by atoms with E-state index >= 15 is 0 Å². The molecule has 0 saturated carbocycles. The Morgan fingerprint density at radius 2 is 2.08 bits per heavy atom. The SMILES string of the molecule is CCNC(=O)N(Cc1nnc2n1CCCCC2)c1ccccc1C. The number of nitrogens with zero attached hydrogens (tertiary/aromatic N) is 4. The summed E-state index contributed by atoms with van der Waals surface area (Å²) in [5.41, 5.74) is 1.98. The van der Waals surface area contributed by atoms with Gasteiger partial charge in [-0.1, -0.05) is 24.6 Å². The van der Waals surface area contributed by atoms with Gasteiger partial charge in [-0.2, -0.15) is 0 Å². The van der Waals surface area contributed by atoms with Crippen LogP contribution in [0.15, 0.2) is 24.3 Å². The summed E-state index contributed by atoms with van der Waals surface area (Å²) in [6, 6.07) is 7.84. The second-order valence-electron chi connectivity index (χ2n) is 6.20. The van der Waals surface area contributed by atoms with Gasteiger partial charge in [0.05, 0.1) is 6.54 Å². The number of carbonyl (C=O) groups is 1. The fourth-order valence-electron chi connectivity index (χ4n) is 3.18. The maximum Gasteiger partial charge on any atom is 0.322 e. The van der Waals surface area contributed by atoms with Gasteiger partial charge in [0, 0.05) is 25.2 Å². The zero-order chi connectivity index (χ0) is 16.9. The summed E-state index contributed by atoms with van der Waals surface area (Å²) in [6.07, 6.45) is 4.50. The largest absolute Gasteiger partial charge is 0.338 e. The Morgan fingerprint density at radius 1 is 1.25 bits per heavy atom. The molecule has 0 atom stereocenters.